The summed E-state index contributed by atoms with van der Waals surface area (Å²) in [5.74, 6) is -0.0453. The van der Waals surface area contributed by atoms with Crippen molar-refractivity contribution < 1.29 is 17.3 Å². The van der Waals surface area contributed by atoms with E-state index < -0.39 is 20.7 Å². The van der Waals surface area contributed by atoms with Gasteiger partial charge in [0.2, 0.25) is 15.9 Å². The zero-order chi connectivity index (χ0) is 15.5. The molecule has 0 spiro atoms. The Bertz CT molecular complexity index is 730. The number of nitrogens with two attached hydrogens (primary N) is 1. The van der Waals surface area contributed by atoms with Crippen molar-refractivity contribution >= 4 is 10.0 Å². The van der Waals surface area contributed by atoms with E-state index in [0.29, 0.717) is 17.3 Å². The van der Waals surface area contributed by atoms with Gasteiger partial charge in [-0.3, -0.25) is 0 Å². The van der Waals surface area contributed by atoms with Crippen molar-refractivity contribution in [1.29, 1.82) is 0 Å². The van der Waals surface area contributed by atoms with Gasteiger partial charge < -0.3 is 10.3 Å². The summed E-state index contributed by atoms with van der Waals surface area (Å²) in [7, 11) is -3.95. The summed E-state index contributed by atoms with van der Waals surface area (Å²) in [6, 6.07) is 3.74. The van der Waals surface area contributed by atoms with Crippen molar-refractivity contribution in [2.75, 3.05) is 6.54 Å². The maximum Gasteiger partial charge on any atom is 0.243 e. The summed E-state index contributed by atoms with van der Waals surface area (Å²) in [5.41, 5.74) is 5.96. The smallest absolute Gasteiger partial charge is 0.243 e. The Labute approximate surface area is 121 Å². The number of aromatic nitrogens is 2. The topological polar surface area (TPSA) is 111 Å². The third kappa shape index (κ3) is 3.84. The monoisotopic (exact) mass is 314 g/mol. The summed E-state index contributed by atoms with van der Waals surface area (Å²) < 4.78 is 44.8. The fraction of sp³-hybridized carbons (Fsp3) is 0.333. The molecule has 114 valence electrons. The highest BCUT2D eigenvalue weighted by Crippen LogP contribution is 2.16. The molecule has 0 bridgehead atoms. The summed E-state index contributed by atoms with van der Waals surface area (Å²) >= 11 is 0. The molecule has 2 rings (SSSR count). The Morgan fingerprint density at radius 2 is 2.19 bits per heavy atom. The van der Waals surface area contributed by atoms with Crippen LogP contribution in [0.15, 0.2) is 27.6 Å². The number of sulfonamides is 1. The molecule has 3 N–H and O–H groups in total. The first-order chi connectivity index (χ1) is 9.92. The van der Waals surface area contributed by atoms with E-state index in [1.807, 2.05) is 0 Å². The highest BCUT2D eigenvalue weighted by molar-refractivity contribution is 7.89. The Hall–Kier alpha value is -1.84. The van der Waals surface area contributed by atoms with E-state index in [9.17, 15) is 12.8 Å². The van der Waals surface area contributed by atoms with E-state index >= 15 is 0 Å². The highest BCUT2D eigenvalue weighted by atomic mass is 32.2. The van der Waals surface area contributed by atoms with Crippen LogP contribution in [0, 0.1) is 12.7 Å². The molecule has 0 fully saturated rings. The zero-order valence-corrected chi connectivity index (χ0v) is 12.2. The molecule has 1 aromatic heterocycles. The van der Waals surface area contributed by atoms with Gasteiger partial charge in [0.25, 0.3) is 0 Å². The highest BCUT2D eigenvalue weighted by Gasteiger charge is 2.19. The molecule has 0 radical (unpaired) electrons. The third-order valence-electron chi connectivity index (χ3n) is 2.73. The first-order valence-corrected chi connectivity index (χ1v) is 7.68. The van der Waals surface area contributed by atoms with Crippen LogP contribution in [0.25, 0.3) is 0 Å². The Kier molecular flexibility index (Phi) is 4.66. The Balaban J connectivity index is 2.07. The number of nitrogens with zero attached hydrogens (tertiary/aromatic N) is 2. The van der Waals surface area contributed by atoms with Crippen molar-refractivity contribution in [2.45, 2.75) is 24.8 Å². The summed E-state index contributed by atoms with van der Waals surface area (Å²) in [6.45, 7) is 1.80. The van der Waals surface area contributed by atoms with Gasteiger partial charge in [0.15, 0.2) is 5.82 Å². The molecule has 21 heavy (non-hydrogen) atoms. The second kappa shape index (κ2) is 6.29. The van der Waals surface area contributed by atoms with Gasteiger partial charge in [-0.25, -0.2) is 17.5 Å². The van der Waals surface area contributed by atoms with Crippen LogP contribution in [0.3, 0.4) is 0 Å². The van der Waals surface area contributed by atoms with Crippen molar-refractivity contribution in [3.8, 4) is 0 Å². The van der Waals surface area contributed by atoms with E-state index in [2.05, 4.69) is 14.9 Å². The molecule has 2 aromatic rings. The number of benzene rings is 1. The predicted molar refractivity (Wildman–Crippen MR) is 72.2 cm³/mol. The molecular formula is C12H15FN4O3S. The summed E-state index contributed by atoms with van der Waals surface area (Å²) in [6.07, 6.45) is 0.245. The molecule has 1 heterocycles. The van der Waals surface area contributed by atoms with Crippen molar-refractivity contribution in [1.82, 2.24) is 14.9 Å². The maximum atomic E-state index is 13.7. The largest absolute Gasteiger partial charge is 0.340 e. The lowest BCUT2D eigenvalue weighted by Crippen LogP contribution is -2.27. The lowest BCUT2D eigenvalue weighted by atomic mass is 10.2. The van der Waals surface area contributed by atoms with E-state index in [1.54, 1.807) is 6.92 Å². The molecule has 1 aromatic carbocycles. The van der Waals surface area contributed by atoms with Crippen molar-refractivity contribution in [2.24, 2.45) is 5.73 Å². The van der Waals surface area contributed by atoms with E-state index in [4.69, 9.17) is 10.3 Å². The van der Waals surface area contributed by atoms with Crippen LogP contribution in [-0.2, 0) is 23.0 Å². The van der Waals surface area contributed by atoms with Crippen molar-refractivity contribution in [3.05, 3.63) is 41.3 Å². The van der Waals surface area contributed by atoms with Crippen LogP contribution in [0.5, 0.6) is 0 Å². The minimum atomic E-state index is -3.95. The molecule has 0 aliphatic rings. The molecule has 0 saturated heterocycles. The van der Waals surface area contributed by atoms with Crippen LogP contribution in [0.2, 0.25) is 0 Å². The minimum Gasteiger partial charge on any atom is -0.340 e. The van der Waals surface area contributed by atoms with Crippen LogP contribution >= 0.6 is 0 Å². The maximum absolute atomic E-state index is 13.7. The van der Waals surface area contributed by atoms with E-state index in [1.165, 1.54) is 12.1 Å². The summed E-state index contributed by atoms with van der Waals surface area (Å²) in [5, 5.41) is 3.64. The standard InChI is InChI=1S/C12H15FN4O3S/c1-8-16-12(17-20-8)4-5-15-21(18,19)11-6-9(7-14)2-3-10(11)13/h2-3,6,15H,4-5,7,14H2,1H3. The van der Waals surface area contributed by atoms with Crippen LogP contribution in [0.4, 0.5) is 4.39 Å². The quantitative estimate of drug-likeness (QED) is 0.803. The molecule has 0 atom stereocenters. The average Bonchev–Trinajstić information content (AvgIpc) is 2.84. The molecule has 0 unspecified atom stereocenters. The first-order valence-electron chi connectivity index (χ1n) is 6.20. The SMILES string of the molecule is Cc1nc(CCNS(=O)(=O)c2cc(CN)ccc2F)no1. The van der Waals surface area contributed by atoms with Gasteiger partial charge in [-0.2, -0.15) is 4.98 Å². The molecule has 9 heteroatoms. The van der Waals surface area contributed by atoms with E-state index in [-0.39, 0.29) is 19.5 Å². The number of aryl methyl sites for hydroxylation is 1. The number of hydrogen-bond acceptors (Lipinski definition) is 6. The van der Waals surface area contributed by atoms with Gasteiger partial charge in [-0.1, -0.05) is 11.2 Å². The van der Waals surface area contributed by atoms with E-state index in [0.717, 1.165) is 6.07 Å². The van der Waals surface area contributed by atoms with Crippen LogP contribution in [-0.4, -0.2) is 25.1 Å². The molecular weight excluding hydrogens is 299 g/mol. The van der Waals surface area contributed by atoms with Gasteiger partial charge in [0.05, 0.1) is 0 Å². The van der Waals surface area contributed by atoms with Gasteiger partial charge >= 0.3 is 0 Å². The number of rotatable bonds is 6. The Morgan fingerprint density at radius 3 is 2.81 bits per heavy atom. The average molecular weight is 314 g/mol. The number of halogens is 1. The third-order valence-corrected chi connectivity index (χ3v) is 4.21. The predicted octanol–water partition coefficient (Wildman–Crippen LogP) is 0.497. The van der Waals surface area contributed by atoms with Crippen LogP contribution < -0.4 is 10.5 Å². The second-order valence-corrected chi connectivity index (χ2v) is 6.08. The molecule has 0 saturated carbocycles. The number of hydrogen-bond donors (Lipinski definition) is 2. The fourth-order valence-electron chi connectivity index (χ4n) is 1.70. The second-order valence-electron chi connectivity index (χ2n) is 4.35. The zero-order valence-electron chi connectivity index (χ0n) is 11.3. The van der Waals surface area contributed by atoms with Gasteiger partial charge in [0, 0.05) is 26.4 Å². The van der Waals surface area contributed by atoms with Gasteiger partial charge in [-0.05, 0) is 17.7 Å². The normalized spacial score (nSPS) is 11.8. The molecule has 0 amide bonds. The minimum absolute atomic E-state index is 0.0353. The Morgan fingerprint density at radius 1 is 1.43 bits per heavy atom. The molecule has 7 nitrogen and oxygen atoms in total. The lowest BCUT2D eigenvalue weighted by molar-refractivity contribution is 0.387. The fourth-order valence-corrected chi connectivity index (χ4v) is 2.86. The lowest BCUT2D eigenvalue weighted by Gasteiger charge is -2.08. The van der Waals surface area contributed by atoms with Gasteiger partial charge in [0.1, 0.15) is 10.7 Å². The molecule has 0 aliphatic heterocycles. The molecule has 0 aliphatic carbocycles. The summed E-state index contributed by atoms with van der Waals surface area (Å²) in [4.78, 5) is 3.52. The van der Waals surface area contributed by atoms with Crippen molar-refractivity contribution in [3.63, 3.8) is 0 Å². The van der Waals surface area contributed by atoms with Gasteiger partial charge in [-0.15, -0.1) is 0 Å². The van der Waals surface area contributed by atoms with Crippen LogP contribution in [0.1, 0.15) is 17.3 Å². The first kappa shape index (κ1) is 15.5. The number of nitrogens with one attached hydrogen (secondary N) is 1.